The molecule has 1 aliphatic rings. The van der Waals surface area contributed by atoms with E-state index in [4.69, 9.17) is 21.1 Å². The number of halogens is 1. The molecule has 0 aliphatic carbocycles. The predicted octanol–water partition coefficient (Wildman–Crippen LogP) is 3.17. The summed E-state index contributed by atoms with van der Waals surface area (Å²) in [7, 11) is 1.78. The first kappa shape index (κ1) is 22.0. The van der Waals surface area contributed by atoms with E-state index in [2.05, 4.69) is 20.8 Å². The van der Waals surface area contributed by atoms with Gasteiger partial charge in [-0.05, 0) is 42.8 Å². The van der Waals surface area contributed by atoms with Gasteiger partial charge in [-0.25, -0.2) is 0 Å². The van der Waals surface area contributed by atoms with Crippen LogP contribution in [0.1, 0.15) is 21.7 Å². The quantitative estimate of drug-likeness (QED) is 0.507. The van der Waals surface area contributed by atoms with Crippen molar-refractivity contribution in [1.29, 1.82) is 0 Å². The summed E-state index contributed by atoms with van der Waals surface area (Å²) in [5.74, 6) is 1.42. The van der Waals surface area contributed by atoms with E-state index in [1.807, 2.05) is 13.0 Å². The third kappa shape index (κ3) is 4.97. The lowest BCUT2D eigenvalue weighted by molar-refractivity contribution is -0.113. The number of aromatic nitrogens is 3. The molecule has 1 aromatic heterocycles. The molecule has 4 rings (SSSR count). The molecule has 0 atom stereocenters. The molecule has 2 amide bonds. The highest BCUT2D eigenvalue weighted by Crippen LogP contribution is 2.32. The molecule has 0 bridgehead atoms. The second-order valence-corrected chi connectivity index (χ2v) is 8.36. The number of carbonyl (C=O) groups is 2. The highest BCUT2D eigenvalue weighted by Gasteiger charge is 2.17. The molecule has 11 heteroatoms. The molecule has 32 heavy (non-hydrogen) atoms. The highest BCUT2D eigenvalue weighted by atomic mass is 35.5. The van der Waals surface area contributed by atoms with Crippen LogP contribution in [0, 0.1) is 6.92 Å². The minimum absolute atomic E-state index is 0.149. The van der Waals surface area contributed by atoms with Crippen LogP contribution in [-0.2, 0) is 18.4 Å². The Labute approximate surface area is 193 Å². The Kier molecular flexibility index (Phi) is 6.52. The van der Waals surface area contributed by atoms with Gasteiger partial charge in [0, 0.05) is 23.3 Å². The number of carbonyl (C=O) groups excluding carboxylic acids is 2. The van der Waals surface area contributed by atoms with E-state index in [-0.39, 0.29) is 30.9 Å². The van der Waals surface area contributed by atoms with Gasteiger partial charge in [-0.15, -0.1) is 10.2 Å². The molecule has 9 nitrogen and oxygen atoms in total. The first-order valence-electron chi connectivity index (χ1n) is 9.65. The number of fused-ring (bicyclic) bond motifs is 1. The molecule has 0 saturated heterocycles. The lowest BCUT2D eigenvalue weighted by Gasteiger charge is -2.08. The number of hydrogen-bond donors (Lipinski definition) is 2. The van der Waals surface area contributed by atoms with Crippen molar-refractivity contribution >= 4 is 40.9 Å². The smallest absolute Gasteiger partial charge is 0.251 e. The zero-order valence-corrected chi connectivity index (χ0v) is 18.9. The summed E-state index contributed by atoms with van der Waals surface area (Å²) in [5.41, 5.74) is 2.03. The normalized spacial score (nSPS) is 12.0. The number of nitrogens with zero attached hydrogens (tertiary/aromatic N) is 3. The first-order valence-corrected chi connectivity index (χ1v) is 11.0. The van der Waals surface area contributed by atoms with Crippen molar-refractivity contribution in [2.45, 2.75) is 18.6 Å². The minimum Gasteiger partial charge on any atom is -0.454 e. The van der Waals surface area contributed by atoms with Crippen molar-refractivity contribution in [3.05, 3.63) is 58.4 Å². The van der Waals surface area contributed by atoms with Crippen LogP contribution in [0.3, 0.4) is 0 Å². The third-order valence-electron chi connectivity index (χ3n) is 4.75. The second kappa shape index (κ2) is 9.49. The molecule has 0 spiro atoms. The van der Waals surface area contributed by atoms with Crippen LogP contribution in [0.4, 0.5) is 5.69 Å². The number of benzene rings is 2. The Bertz CT molecular complexity index is 1180. The molecule has 0 saturated carbocycles. The van der Waals surface area contributed by atoms with Gasteiger partial charge < -0.3 is 24.7 Å². The van der Waals surface area contributed by atoms with Gasteiger partial charge in [-0.1, -0.05) is 29.4 Å². The summed E-state index contributed by atoms with van der Waals surface area (Å²) in [5, 5.41) is 15.0. The van der Waals surface area contributed by atoms with Gasteiger partial charge in [0.05, 0.1) is 12.3 Å². The Morgan fingerprint density at radius 1 is 1.16 bits per heavy atom. The Morgan fingerprint density at radius 2 is 1.97 bits per heavy atom. The van der Waals surface area contributed by atoms with Crippen LogP contribution in [0.25, 0.3) is 0 Å². The number of aryl methyl sites for hydroxylation is 1. The van der Waals surface area contributed by atoms with Crippen molar-refractivity contribution < 1.29 is 19.1 Å². The lowest BCUT2D eigenvalue weighted by atomic mass is 10.2. The fourth-order valence-corrected chi connectivity index (χ4v) is 3.83. The largest absolute Gasteiger partial charge is 0.454 e. The fourth-order valence-electron chi connectivity index (χ4n) is 2.92. The van der Waals surface area contributed by atoms with Gasteiger partial charge in [0.1, 0.15) is 0 Å². The Balaban J connectivity index is 1.29. The van der Waals surface area contributed by atoms with Crippen molar-refractivity contribution in [2.75, 3.05) is 17.9 Å². The molecule has 0 radical (unpaired) electrons. The van der Waals surface area contributed by atoms with Crippen molar-refractivity contribution in [1.82, 2.24) is 20.1 Å². The predicted molar refractivity (Wildman–Crippen MR) is 120 cm³/mol. The summed E-state index contributed by atoms with van der Waals surface area (Å²) in [4.78, 5) is 24.7. The SMILES string of the molecule is Cc1ccc(NC(=O)CSc2nnc(CNC(=O)c3ccc4c(c3)OCO4)n2C)cc1Cl. The number of anilines is 1. The maximum absolute atomic E-state index is 12.4. The maximum Gasteiger partial charge on any atom is 0.251 e. The Hall–Kier alpha value is -3.24. The standard InChI is InChI=1S/C21H20ClN5O4S/c1-12-3-5-14(8-15(12)22)24-19(28)10-32-21-26-25-18(27(21)2)9-23-20(29)13-4-6-16-17(7-13)31-11-30-16/h3-8H,9-11H2,1-2H3,(H,23,29)(H,24,28). The molecule has 0 fully saturated rings. The molecule has 2 N–H and O–H groups in total. The van der Waals surface area contributed by atoms with Crippen LogP contribution < -0.4 is 20.1 Å². The molecule has 3 aromatic rings. The zero-order valence-electron chi connectivity index (χ0n) is 17.3. The zero-order chi connectivity index (χ0) is 22.7. The van der Waals surface area contributed by atoms with Gasteiger partial charge in [0.25, 0.3) is 5.91 Å². The van der Waals surface area contributed by atoms with Crippen LogP contribution in [0.15, 0.2) is 41.6 Å². The van der Waals surface area contributed by atoms with Crippen molar-refractivity contribution in [3.8, 4) is 11.5 Å². The summed E-state index contributed by atoms with van der Waals surface area (Å²) in [6, 6.07) is 10.4. The molecular formula is C21H20ClN5O4S. The van der Waals surface area contributed by atoms with Gasteiger partial charge in [-0.3, -0.25) is 9.59 Å². The van der Waals surface area contributed by atoms with E-state index in [1.165, 1.54) is 11.8 Å². The van der Waals surface area contributed by atoms with Gasteiger partial charge in [0.2, 0.25) is 12.7 Å². The molecule has 1 aliphatic heterocycles. The lowest BCUT2D eigenvalue weighted by Crippen LogP contribution is -2.24. The topological polar surface area (TPSA) is 107 Å². The number of nitrogens with one attached hydrogen (secondary N) is 2. The molecule has 2 heterocycles. The van der Waals surface area contributed by atoms with Crippen LogP contribution in [-0.4, -0.2) is 39.1 Å². The van der Waals surface area contributed by atoms with Gasteiger partial charge in [-0.2, -0.15) is 0 Å². The second-order valence-electron chi connectivity index (χ2n) is 7.01. The van der Waals surface area contributed by atoms with E-state index in [0.29, 0.717) is 38.8 Å². The summed E-state index contributed by atoms with van der Waals surface area (Å²) in [6.45, 7) is 2.23. The Morgan fingerprint density at radius 3 is 2.78 bits per heavy atom. The summed E-state index contributed by atoms with van der Waals surface area (Å²) >= 11 is 7.34. The van der Waals surface area contributed by atoms with Crippen LogP contribution >= 0.6 is 23.4 Å². The van der Waals surface area contributed by atoms with E-state index in [9.17, 15) is 9.59 Å². The number of hydrogen-bond acceptors (Lipinski definition) is 7. The molecule has 0 unspecified atom stereocenters. The average molecular weight is 474 g/mol. The summed E-state index contributed by atoms with van der Waals surface area (Å²) in [6.07, 6.45) is 0. The average Bonchev–Trinajstić information content (AvgIpc) is 3.39. The van der Waals surface area contributed by atoms with E-state index in [0.717, 1.165) is 5.56 Å². The van der Waals surface area contributed by atoms with Crippen LogP contribution in [0.2, 0.25) is 5.02 Å². The summed E-state index contributed by atoms with van der Waals surface area (Å²) < 4.78 is 12.3. The monoisotopic (exact) mass is 473 g/mol. The van der Waals surface area contributed by atoms with Crippen LogP contribution in [0.5, 0.6) is 11.5 Å². The number of ether oxygens (including phenoxy) is 2. The maximum atomic E-state index is 12.4. The number of thioether (sulfide) groups is 1. The fraction of sp³-hybridized carbons (Fsp3) is 0.238. The van der Waals surface area contributed by atoms with Crippen molar-refractivity contribution in [2.24, 2.45) is 7.05 Å². The first-order chi connectivity index (χ1) is 15.4. The van der Waals surface area contributed by atoms with E-state index >= 15 is 0 Å². The highest BCUT2D eigenvalue weighted by molar-refractivity contribution is 7.99. The van der Waals surface area contributed by atoms with E-state index in [1.54, 1.807) is 41.9 Å². The number of rotatable bonds is 7. The number of amides is 2. The van der Waals surface area contributed by atoms with E-state index < -0.39 is 0 Å². The third-order valence-corrected chi connectivity index (χ3v) is 6.18. The molecular weight excluding hydrogens is 454 g/mol. The molecule has 166 valence electrons. The van der Waals surface area contributed by atoms with Crippen molar-refractivity contribution in [3.63, 3.8) is 0 Å². The van der Waals surface area contributed by atoms with Gasteiger partial charge >= 0.3 is 0 Å². The molecule has 2 aromatic carbocycles. The van der Waals surface area contributed by atoms with Gasteiger partial charge in [0.15, 0.2) is 22.5 Å². The minimum atomic E-state index is -0.267.